The molecule has 0 saturated heterocycles. The third-order valence-corrected chi connectivity index (χ3v) is 4.74. The van der Waals surface area contributed by atoms with E-state index in [4.69, 9.17) is 5.10 Å². The fourth-order valence-electron chi connectivity index (χ4n) is 3.41. The summed E-state index contributed by atoms with van der Waals surface area (Å²) in [4.78, 5) is 4.66. The van der Waals surface area contributed by atoms with Crippen LogP contribution in [0.2, 0.25) is 0 Å². The Morgan fingerprint density at radius 2 is 1.46 bits per heavy atom. The van der Waals surface area contributed by atoms with Crippen molar-refractivity contribution >= 4 is 21.8 Å². The second-order valence-electron chi connectivity index (χ2n) is 6.50. The van der Waals surface area contributed by atoms with Crippen LogP contribution in [0.15, 0.2) is 85.1 Å². The number of aromatic nitrogens is 3. The summed E-state index contributed by atoms with van der Waals surface area (Å²) in [6.07, 6.45) is 1.94. The standard InChI is InChI=1S/C23H17N3/c1-16-11-13-18(14-12-16)26-23-19-9-5-6-10-21(19)24-15-20(23)22(25-26)17-7-3-2-4-8-17/h2-15H,1H3. The molecule has 0 saturated carbocycles. The molecular formula is C23H17N3. The van der Waals surface area contributed by atoms with E-state index in [2.05, 4.69) is 60.4 Å². The van der Waals surface area contributed by atoms with Gasteiger partial charge in [0.2, 0.25) is 0 Å². The average molecular weight is 335 g/mol. The zero-order valence-electron chi connectivity index (χ0n) is 14.4. The summed E-state index contributed by atoms with van der Waals surface area (Å²) >= 11 is 0. The third-order valence-electron chi connectivity index (χ3n) is 4.74. The highest BCUT2D eigenvalue weighted by Gasteiger charge is 2.16. The lowest BCUT2D eigenvalue weighted by Gasteiger charge is -2.06. The Hall–Kier alpha value is -3.46. The van der Waals surface area contributed by atoms with Gasteiger partial charge >= 0.3 is 0 Å². The van der Waals surface area contributed by atoms with Crippen LogP contribution >= 0.6 is 0 Å². The van der Waals surface area contributed by atoms with Gasteiger partial charge in [0.05, 0.1) is 16.7 Å². The number of hydrogen-bond donors (Lipinski definition) is 0. The molecule has 26 heavy (non-hydrogen) atoms. The first kappa shape index (κ1) is 14.8. The molecule has 2 heterocycles. The summed E-state index contributed by atoms with van der Waals surface area (Å²) in [7, 11) is 0. The first-order valence-corrected chi connectivity index (χ1v) is 8.70. The lowest BCUT2D eigenvalue weighted by atomic mass is 10.1. The first-order chi connectivity index (χ1) is 12.8. The number of benzene rings is 3. The zero-order valence-corrected chi connectivity index (χ0v) is 14.4. The predicted octanol–water partition coefficient (Wildman–Crippen LogP) is 5.55. The highest BCUT2D eigenvalue weighted by Crippen LogP contribution is 2.33. The molecule has 0 amide bonds. The van der Waals surface area contributed by atoms with Gasteiger partial charge in [-0.2, -0.15) is 5.10 Å². The number of nitrogens with zero attached hydrogens (tertiary/aromatic N) is 3. The Balaban J connectivity index is 1.91. The van der Waals surface area contributed by atoms with Gasteiger partial charge in [0.25, 0.3) is 0 Å². The lowest BCUT2D eigenvalue weighted by Crippen LogP contribution is -1.97. The molecule has 2 aromatic heterocycles. The van der Waals surface area contributed by atoms with Crippen molar-refractivity contribution in [2.45, 2.75) is 6.92 Å². The molecule has 124 valence electrons. The predicted molar refractivity (Wildman–Crippen MR) is 107 cm³/mol. The van der Waals surface area contributed by atoms with Gasteiger partial charge in [-0.15, -0.1) is 0 Å². The van der Waals surface area contributed by atoms with Gasteiger partial charge < -0.3 is 0 Å². The monoisotopic (exact) mass is 335 g/mol. The van der Waals surface area contributed by atoms with E-state index >= 15 is 0 Å². The Bertz CT molecular complexity index is 1220. The van der Waals surface area contributed by atoms with Crippen LogP contribution in [0, 0.1) is 6.92 Å². The van der Waals surface area contributed by atoms with Crippen molar-refractivity contribution < 1.29 is 0 Å². The van der Waals surface area contributed by atoms with Gasteiger partial charge in [-0.25, -0.2) is 4.68 Å². The second kappa shape index (κ2) is 5.81. The highest BCUT2D eigenvalue weighted by molar-refractivity contribution is 6.08. The van der Waals surface area contributed by atoms with Crippen LogP contribution in [0.1, 0.15) is 5.56 Å². The van der Waals surface area contributed by atoms with E-state index in [1.165, 1.54) is 5.56 Å². The largest absolute Gasteiger partial charge is 0.255 e. The minimum absolute atomic E-state index is 0.958. The summed E-state index contributed by atoms with van der Waals surface area (Å²) in [6.45, 7) is 2.10. The van der Waals surface area contributed by atoms with Crippen molar-refractivity contribution in [2.24, 2.45) is 0 Å². The second-order valence-corrected chi connectivity index (χ2v) is 6.50. The van der Waals surface area contributed by atoms with Crippen LogP contribution in [0.25, 0.3) is 38.8 Å². The molecule has 0 fully saturated rings. The van der Waals surface area contributed by atoms with E-state index < -0.39 is 0 Å². The summed E-state index contributed by atoms with van der Waals surface area (Å²) in [5, 5.41) is 7.16. The van der Waals surface area contributed by atoms with Gasteiger partial charge in [-0.1, -0.05) is 66.2 Å². The molecule has 0 bridgehead atoms. The fraction of sp³-hybridized carbons (Fsp3) is 0.0435. The molecule has 0 N–H and O–H groups in total. The van der Waals surface area contributed by atoms with E-state index in [9.17, 15) is 0 Å². The number of hydrogen-bond acceptors (Lipinski definition) is 2. The van der Waals surface area contributed by atoms with Gasteiger partial charge in [0, 0.05) is 22.5 Å². The Kier molecular flexibility index (Phi) is 3.32. The van der Waals surface area contributed by atoms with Crippen LogP contribution < -0.4 is 0 Å². The van der Waals surface area contributed by atoms with E-state index in [1.807, 2.05) is 41.2 Å². The molecule has 5 rings (SSSR count). The molecule has 0 unspecified atom stereocenters. The van der Waals surface area contributed by atoms with Crippen LogP contribution in [0.5, 0.6) is 0 Å². The molecular weight excluding hydrogens is 318 g/mol. The highest BCUT2D eigenvalue weighted by atomic mass is 15.3. The van der Waals surface area contributed by atoms with Gasteiger partial charge in [-0.3, -0.25) is 4.98 Å². The zero-order chi connectivity index (χ0) is 17.5. The normalized spacial score (nSPS) is 11.3. The van der Waals surface area contributed by atoms with Gasteiger partial charge in [-0.05, 0) is 25.1 Å². The summed E-state index contributed by atoms with van der Waals surface area (Å²) in [6, 6.07) is 27.0. The Morgan fingerprint density at radius 3 is 2.27 bits per heavy atom. The minimum Gasteiger partial charge on any atom is -0.255 e. The van der Waals surface area contributed by atoms with Gasteiger partial charge in [0.15, 0.2) is 0 Å². The topological polar surface area (TPSA) is 30.7 Å². The lowest BCUT2D eigenvalue weighted by molar-refractivity contribution is 0.917. The number of pyridine rings is 1. The smallest absolute Gasteiger partial charge is 0.102 e. The summed E-state index contributed by atoms with van der Waals surface area (Å²) < 4.78 is 2.04. The SMILES string of the molecule is Cc1ccc(-n2nc(-c3ccccc3)c3cnc4ccccc4c32)cc1. The van der Waals surface area contributed by atoms with Crippen molar-refractivity contribution in [1.29, 1.82) is 0 Å². The third kappa shape index (κ3) is 2.29. The van der Waals surface area contributed by atoms with Crippen LogP contribution in [-0.4, -0.2) is 14.8 Å². The van der Waals surface area contributed by atoms with E-state index in [1.54, 1.807) is 0 Å². The van der Waals surface area contributed by atoms with Crippen molar-refractivity contribution in [3.63, 3.8) is 0 Å². The maximum Gasteiger partial charge on any atom is 0.102 e. The molecule has 0 radical (unpaired) electrons. The van der Waals surface area contributed by atoms with Gasteiger partial charge in [0.1, 0.15) is 5.69 Å². The molecule has 5 aromatic rings. The van der Waals surface area contributed by atoms with Crippen LogP contribution in [0.4, 0.5) is 0 Å². The maximum absolute atomic E-state index is 4.99. The van der Waals surface area contributed by atoms with E-state index in [0.717, 1.165) is 38.8 Å². The van der Waals surface area contributed by atoms with Crippen molar-refractivity contribution in [3.05, 3.63) is 90.6 Å². The fourth-order valence-corrected chi connectivity index (χ4v) is 3.41. The number of aryl methyl sites for hydroxylation is 1. The number of para-hydroxylation sites is 1. The molecule has 0 spiro atoms. The van der Waals surface area contributed by atoms with Crippen molar-refractivity contribution in [3.8, 4) is 16.9 Å². The molecule has 3 nitrogen and oxygen atoms in total. The first-order valence-electron chi connectivity index (χ1n) is 8.70. The van der Waals surface area contributed by atoms with Crippen LogP contribution in [0.3, 0.4) is 0 Å². The molecule has 0 atom stereocenters. The summed E-state index contributed by atoms with van der Waals surface area (Å²) in [5.74, 6) is 0. The average Bonchev–Trinajstić information content (AvgIpc) is 3.09. The number of rotatable bonds is 2. The molecule has 0 aliphatic heterocycles. The van der Waals surface area contributed by atoms with E-state index in [-0.39, 0.29) is 0 Å². The Morgan fingerprint density at radius 1 is 0.731 bits per heavy atom. The molecule has 3 aromatic carbocycles. The van der Waals surface area contributed by atoms with E-state index in [0.29, 0.717) is 0 Å². The quantitative estimate of drug-likeness (QED) is 0.423. The summed E-state index contributed by atoms with van der Waals surface area (Å²) in [5.41, 5.74) is 6.42. The minimum atomic E-state index is 0.958. The van der Waals surface area contributed by atoms with Crippen molar-refractivity contribution in [1.82, 2.24) is 14.8 Å². The molecule has 0 aliphatic rings. The number of fused-ring (bicyclic) bond motifs is 3. The van der Waals surface area contributed by atoms with Crippen LogP contribution in [-0.2, 0) is 0 Å². The molecule has 3 heteroatoms. The maximum atomic E-state index is 4.99. The molecule has 0 aliphatic carbocycles. The van der Waals surface area contributed by atoms with Crippen molar-refractivity contribution in [2.75, 3.05) is 0 Å². The Labute approximate surface area is 151 Å².